The van der Waals surface area contributed by atoms with Crippen molar-refractivity contribution >= 4 is 23.3 Å². The molecule has 4 heteroatoms. The molecule has 20 heavy (non-hydrogen) atoms. The molecule has 1 aromatic carbocycles. The summed E-state index contributed by atoms with van der Waals surface area (Å²) in [4.78, 5) is 14.3. The number of rotatable bonds is 5. The highest BCUT2D eigenvalue weighted by molar-refractivity contribution is 7.09. The number of benzene rings is 1. The van der Waals surface area contributed by atoms with Crippen LogP contribution in [-0.4, -0.2) is 12.3 Å². The van der Waals surface area contributed by atoms with Crippen LogP contribution in [0, 0.1) is 11.3 Å². The molecule has 0 fully saturated rings. The number of nitriles is 1. The van der Waals surface area contributed by atoms with Crippen molar-refractivity contribution in [2.75, 3.05) is 4.90 Å². The van der Waals surface area contributed by atoms with Gasteiger partial charge in [0.15, 0.2) is 0 Å². The van der Waals surface area contributed by atoms with Crippen LogP contribution in [0.1, 0.15) is 34.6 Å². The smallest absolute Gasteiger partial charge is 0.150 e. The van der Waals surface area contributed by atoms with E-state index >= 15 is 0 Å². The van der Waals surface area contributed by atoms with Gasteiger partial charge in [-0.25, -0.2) is 0 Å². The Morgan fingerprint density at radius 1 is 1.40 bits per heavy atom. The molecule has 0 aliphatic heterocycles. The highest BCUT2D eigenvalue weighted by atomic mass is 32.1. The molecule has 0 bridgehead atoms. The zero-order valence-corrected chi connectivity index (χ0v) is 12.4. The molecule has 1 heterocycles. The van der Waals surface area contributed by atoms with Crippen molar-refractivity contribution < 1.29 is 4.79 Å². The van der Waals surface area contributed by atoms with Gasteiger partial charge in [0, 0.05) is 16.5 Å². The maximum Gasteiger partial charge on any atom is 0.150 e. The number of aldehydes is 1. The Kier molecular flexibility index (Phi) is 4.54. The van der Waals surface area contributed by atoms with Crippen LogP contribution in [0.2, 0.25) is 0 Å². The Morgan fingerprint density at radius 2 is 2.20 bits per heavy atom. The lowest BCUT2D eigenvalue weighted by atomic mass is 10.1. The molecule has 0 atom stereocenters. The van der Waals surface area contributed by atoms with E-state index in [2.05, 4.69) is 36.3 Å². The van der Waals surface area contributed by atoms with Gasteiger partial charge in [0.1, 0.15) is 12.4 Å². The predicted octanol–water partition coefficient (Wildman–Crippen LogP) is 3.85. The third-order valence-electron chi connectivity index (χ3n) is 3.12. The van der Waals surface area contributed by atoms with E-state index in [0.717, 1.165) is 18.5 Å². The van der Waals surface area contributed by atoms with Crippen LogP contribution in [-0.2, 0) is 6.54 Å². The molecule has 3 nitrogen and oxygen atoms in total. The van der Waals surface area contributed by atoms with Gasteiger partial charge in [-0.3, -0.25) is 4.79 Å². The summed E-state index contributed by atoms with van der Waals surface area (Å²) >= 11 is 1.70. The van der Waals surface area contributed by atoms with Crippen molar-refractivity contribution in [3.8, 4) is 6.07 Å². The summed E-state index contributed by atoms with van der Waals surface area (Å²) in [5.74, 6) is 0. The van der Waals surface area contributed by atoms with E-state index in [1.54, 1.807) is 23.5 Å². The second-order valence-corrected chi connectivity index (χ2v) is 5.84. The summed E-state index contributed by atoms with van der Waals surface area (Å²) in [7, 11) is 0. The first-order chi connectivity index (χ1) is 9.65. The topological polar surface area (TPSA) is 44.1 Å². The van der Waals surface area contributed by atoms with Crippen molar-refractivity contribution in [1.82, 2.24) is 0 Å². The van der Waals surface area contributed by atoms with Gasteiger partial charge in [0.25, 0.3) is 0 Å². The molecule has 0 saturated carbocycles. The molecular weight excluding hydrogens is 268 g/mol. The van der Waals surface area contributed by atoms with Gasteiger partial charge in [-0.1, -0.05) is 6.07 Å². The third kappa shape index (κ3) is 3.06. The summed E-state index contributed by atoms with van der Waals surface area (Å²) in [5, 5.41) is 11.4. The number of thiophene rings is 1. The highest BCUT2D eigenvalue weighted by Gasteiger charge is 2.16. The first-order valence-corrected chi connectivity index (χ1v) is 7.32. The number of nitrogens with zero attached hydrogens (tertiary/aromatic N) is 2. The number of anilines is 1. The monoisotopic (exact) mass is 284 g/mol. The highest BCUT2D eigenvalue weighted by Crippen LogP contribution is 2.26. The molecule has 0 spiro atoms. The van der Waals surface area contributed by atoms with Gasteiger partial charge in [-0.2, -0.15) is 5.26 Å². The van der Waals surface area contributed by atoms with E-state index in [-0.39, 0.29) is 6.04 Å². The van der Waals surface area contributed by atoms with Crippen LogP contribution in [0.4, 0.5) is 5.69 Å². The van der Waals surface area contributed by atoms with Crippen LogP contribution < -0.4 is 4.90 Å². The van der Waals surface area contributed by atoms with Crippen LogP contribution >= 0.6 is 11.3 Å². The minimum Gasteiger partial charge on any atom is -0.363 e. The fourth-order valence-corrected chi connectivity index (χ4v) is 2.79. The summed E-state index contributed by atoms with van der Waals surface area (Å²) in [6.07, 6.45) is 0.767. The van der Waals surface area contributed by atoms with Crippen LogP contribution in [0.15, 0.2) is 35.7 Å². The van der Waals surface area contributed by atoms with Gasteiger partial charge in [0.05, 0.1) is 17.8 Å². The Morgan fingerprint density at radius 3 is 2.75 bits per heavy atom. The Hall–Kier alpha value is -2.12. The molecule has 1 aromatic heterocycles. The number of carbonyl (C=O) groups is 1. The van der Waals surface area contributed by atoms with Crippen molar-refractivity contribution in [1.29, 1.82) is 5.26 Å². The van der Waals surface area contributed by atoms with E-state index in [1.807, 2.05) is 12.1 Å². The standard InChI is InChI=1S/C16H16N2OS/c1-12(2)18(10-15-4-3-7-20-15)16-6-5-13(11-19)8-14(16)9-17/h3-8,11-12H,10H2,1-2H3. The van der Waals surface area contributed by atoms with Crippen molar-refractivity contribution in [3.05, 3.63) is 51.7 Å². The maximum atomic E-state index is 10.8. The average molecular weight is 284 g/mol. The normalized spacial score (nSPS) is 10.3. The summed E-state index contributed by atoms with van der Waals surface area (Å²) < 4.78 is 0. The first kappa shape index (κ1) is 14.3. The minimum atomic E-state index is 0.270. The van der Waals surface area contributed by atoms with E-state index in [1.165, 1.54) is 4.88 Å². The summed E-state index contributed by atoms with van der Waals surface area (Å²) in [6.45, 7) is 4.97. The fraction of sp³-hybridized carbons (Fsp3) is 0.250. The van der Waals surface area contributed by atoms with Gasteiger partial charge in [-0.15, -0.1) is 11.3 Å². The zero-order valence-electron chi connectivity index (χ0n) is 11.5. The quantitative estimate of drug-likeness (QED) is 0.783. The lowest BCUT2D eigenvalue weighted by Crippen LogP contribution is -2.30. The fourth-order valence-electron chi connectivity index (χ4n) is 2.08. The first-order valence-electron chi connectivity index (χ1n) is 6.44. The second-order valence-electron chi connectivity index (χ2n) is 4.81. The van der Waals surface area contributed by atoms with Crippen LogP contribution in [0.3, 0.4) is 0 Å². The molecule has 2 aromatic rings. The molecule has 0 aliphatic rings. The number of hydrogen-bond donors (Lipinski definition) is 0. The molecular formula is C16H16N2OS. The molecule has 0 unspecified atom stereocenters. The minimum absolute atomic E-state index is 0.270. The third-order valence-corrected chi connectivity index (χ3v) is 3.98. The molecule has 0 saturated heterocycles. The van der Waals surface area contributed by atoms with Crippen molar-refractivity contribution in [2.45, 2.75) is 26.4 Å². The predicted molar refractivity (Wildman–Crippen MR) is 82.2 cm³/mol. The Balaban J connectivity index is 2.39. The van der Waals surface area contributed by atoms with E-state index in [4.69, 9.17) is 0 Å². The number of carbonyl (C=O) groups excluding carboxylic acids is 1. The Bertz CT molecular complexity index is 626. The molecule has 0 aliphatic carbocycles. The average Bonchev–Trinajstić information content (AvgIpc) is 2.97. The maximum absolute atomic E-state index is 10.8. The largest absolute Gasteiger partial charge is 0.363 e. The van der Waals surface area contributed by atoms with Gasteiger partial charge in [-0.05, 0) is 43.5 Å². The van der Waals surface area contributed by atoms with E-state index < -0.39 is 0 Å². The van der Waals surface area contributed by atoms with Gasteiger partial charge in [0.2, 0.25) is 0 Å². The Labute approximate surface area is 123 Å². The molecule has 0 N–H and O–H groups in total. The lowest BCUT2D eigenvalue weighted by molar-refractivity contribution is 0.112. The van der Waals surface area contributed by atoms with Crippen LogP contribution in [0.25, 0.3) is 0 Å². The molecule has 2 rings (SSSR count). The lowest BCUT2D eigenvalue weighted by Gasteiger charge is -2.29. The van der Waals surface area contributed by atoms with Crippen molar-refractivity contribution in [3.63, 3.8) is 0 Å². The van der Waals surface area contributed by atoms with Gasteiger partial charge >= 0.3 is 0 Å². The molecule has 0 radical (unpaired) electrons. The number of hydrogen-bond acceptors (Lipinski definition) is 4. The molecule has 0 amide bonds. The van der Waals surface area contributed by atoms with Crippen LogP contribution in [0.5, 0.6) is 0 Å². The zero-order chi connectivity index (χ0) is 14.5. The summed E-state index contributed by atoms with van der Waals surface area (Å²) in [6, 6.07) is 11.8. The summed E-state index contributed by atoms with van der Waals surface area (Å²) in [5.41, 5.74) is 1.95. The van der Waals surface area contributed by atoms with E-state index in [9.17, 15) is 10.1 Å². The second kappa shape index (κ2) is 6.36. The van der Waals surface area contributed by atoms with Gasteiger partial charge < -0.3 is 4.90 Å². The van der Waals surface area contributed by atoms with E-state index in [0.29, 0.717) is 11.1 Å². The SMILES string of the molecule is CC(C)N(Cc1cccs1)c1ccc(C=O)cc1C#N. The van der Waals surface area contributed by atoms with Crippen molar-refractivity contribution in [2.24, 2.45) is 0 Å². The molecule has 102 valence electrons.